The lowest BCUT2D eigenvalue weighted by atomic mass is 10.1. The molecule has 0 aliphatic rings. The Bertz CT molecular complexity index is 440. The molecule has 5 heteroatoms. The Kier molecular flexibility index (Phi) is 3.82. The lowest BCUT2D eigenvalue weighted by Crippen LogP contribution is -2.09. The first-order valence-electron chi connectivity index (χ1n) is 5.83. The zero-order chi connectivity index (χ0) is 12.1. The number of nitrogens with zero attached hydrogens (tertiary/aromatic N) is 4. The minimum Gasteiger partial charge on any atom is -0.316 e. The van der Waals surface area contributed by atoms with E-state index >= 15 is 0 Å². The summed E-state index contributed by atoms with van der Waals surface area (Å²) in [5.74, 6) is 0.832. The molecule has 2 rings (SSSR count). The second-order valence-electron chi connectivity index (χ2n) is 3.95. The first-order valence-corrected chi connectivity index (χ1v) is 5.83. The van der Waals surface area contributed by atoms with Gasteiger partial charge in [-0.1, -0.05) is 13.3 Å². The molecule has 0 atom stereocenters. The molecule has 0 saturated heterocycles. The van der Waals surface area contributed by atoms with E-state index in [1.54, 1.807) is 11.0 Å². The Morgan fingerprint density at radius 1 is 1.35 bits per heavy atom. The summed E-state index contributed by atoms with van der Waals surface area (Å²) in [6.07, 6.45) is 5.26. The van der Waals surface area contributed by atoms with Gasteiger partial charge in [0.1, 0.15) is 12.7 Å². The van der Waals surface area contributed by atoms with E-state index in [0.717, 1.165) is 30.9 Å². The van der Waals surface area contributed by atoms with E-state index in [4.69, 9.17) is 0 Å². The Balaban J connectivity index is 2.37. The van der Waals surface area contributed by atoms with Gasteiger partial charge < -0.3 is 5.32 Å². The highest BCUT2D eigenvalue weighted by Crippen LogP contribution is 2.11. The molecule has 2 aromatic heterocycles. The summed E-state index contributed by atoms with van der Waals surface area (Å²) in [6.45, 7) is 2.99. The van der Waals surface area contributed by atoms with E-state index in [-0.39, 0.29) is 0 Å². The van der Waals surface area contributed by atoms with Crippen molar-refractivity contribution in [2.45, 2.75) is 26.3 Å². The molecule has 0 aliphatic heterocycles. The van der Waals surface area contributed by atoms with Crippen LogP contribution in [-0.4, -0.2) is 26.8 Å². The molecule has 90 valence electrons. The number of pyridine rings is 1. The maximum absolute atomic E-state index is 4.58. The summed E-state index contributed by atoms with van der Waals surface area (Å²) in [5, 5.41) is 7.26. The van der Waals surface area contributed by atoms with Crippen LogP contribution in [0.3, 0.4) is 0 Å². The first-order chi connectivity index (χ1) is 8.33. The number of aromatic nitrogens is 4. The molecule has 5 nitrogen and oxygen atoms in total. The van der Waals surface area contributed by atoms with Gasteiger partial charge in [-0.3, -0.25) is 0 Å². The standard InChI is InChI=1S/C12H17N5/c1-3-4-11-5-10(7-13-2)6-12(16-11)17-9-14-8-15-17/h5-6,8-9,13H,3-4,7H2,1-2H3. The minimum atomic E-state index is 0.832. The van der Waals surface area contributed by atoms with Crippen molar-refractivity contribution < 1.29 is 0 Å². The van der Waals surface area contributed by atoms with Gasteiger partial charge in [-0.25, -0.2) is 14.6 Å². The van der Waals surface area contributed by atoms with E-state index < -0.39 is 0 Å². The second-order valence-corrected chi connectivity index (χ2v) is 3.95. The van der Waals surface area contributed by atoms with E-state index in [0.29, 0.717) is 0 Å². The number of hydrogen-bond acceptors (Lipinski definition) is 4. The van der Waals surface area contributed by atoms with Crippen molar-refractivity contribution in [3.05, 3.63) is 36.0 Å². The van der Waals surface area contributed by atoms with Crippen LogP contribution in [-0.2, 0) is 13.0 Å². The van der Waals surface area contributed by atoms with Gasteiger partial charge in [0.15, 0.2) is 5.82 Å². The third kappa shape index (κ3) is 2.88. The molecule has 0 bridgehead atoms. The Morgan fingerprint density at radius 3 is 2.88 bits per heavy atom. The van der Waals surface area contributed by atoms with Gasteiger partial charge >= 0.3 is 0 Å². The number of aryl methyl sites for hydroxylation is 1. The van der Waals surface area contributed by atoms with E-state index in [2.05, 4.69) is 33.4 Å². The molecule has 1 N–H and O–H groups in total. The molecular weight excluding hydrogens is 214 g/mol. The molecule has 2 aromatic rings. The Hall–Kier alpha value is -1.75. The van der Waals surface area contributed by atoms with Gasteiger partial charge in [0.05, 0.1) is 0 Å². The van der Waals surface area contributed by atoms with Crippen LogP contribution in [0, 0.1) is 0 Å². The van der Waals surface area contributed by atoms with Crippen molar-refractivity contribution >= 4 is 0 Å². The molecule has 0 unspecified atom stereocenters. The first kappa shape index (κ1) is 11.7. The van der Waals surface area contributed by atoms with Crippen molar-refractivity contribution in [3.63, 3.8) is 0 Å². The molecule has 0 fully saturated rings. The van der Waals surface area contributed by atoms with Crippen LogP contribution in [0.2, 0.25) is 0 Å². The lowest BCUT2D eigenvalue weighted by Gasteiger charge is -2.07. The molecule has 0 saturated carbocycles. The highest BCUT2D eigenvalue weighted by Gasteiger charge is 2.04. The summed E-state index contributed by atoms with van der Waals surface area (Å²) in [5.41, 5.74) is 2.32. The Morgan fingerprint density at radius 2 is 2.24 bits per heavy atom. The highest BCUT2D eigenvalue weighted by atomic mass is 15.3. The van der Waals surface area contributed by atoms with Gasteiger partial charge in [0.25, 0.3) is 0 Å². The topological polar surface area (TPSA) is 55.6 Å². The van der Waals surface area contributed by atoms with Gasteiger partial charge in [-0.05, 0) is 31.2 Å². The van der Waals surface area contributed by atoms with Gasteiger partial charge in [0.2, 0.25) is 0 Å². The van der Waals surface area contributed by atoms with Gasteiger partial charge in [-0.15, -0.1) is 0 Å². The average molecular weight is 231 g/mol. The summed E-state index contributed by atoms with van der Waals surface area (Å²) < 4.78 is 1.69. The summed E-state index contributed by atoms with van der Waals surface area (Å²) >= 11 is 0. The predicted molar refractivity (Wildman–Crippen MR) is 65.9 cm³/mol. The molecule has 0 aromatic carbocycles. The van der Waals surface area contributed by atoms with E-state index in [9.17, 15) is 0 Å². The summed E-state index contributed by atoms with van der Waals surface area (Å²) in [4.78, 5) is 8.53. The van der Waals surface area contributed by atoms with Crippen LogP contribution < -0.4 is 5.32 Å². The SMILES string of the molecule is CCCc1cc(CNC)cc(-n2cncn2)n1. The second kappa shape index (κ2) is 5.54. The molecule has 0 radical (unpaired) electrons. The molecule has 17 heavy (non-hydrogen) atoms. The van der Waals surface area contributed by atoms with Crippen LogP contribution in [0.5, 0.6) is 0 Å². The van der Waals surface area contributed by atoms with Crippen LogP contribution in [0.25, 0.3) is 5.82 Å². The fourth-order valence-corrected chi connectivity index (χ4v) is 1.77. The fraction of sp³-hybridized carbons (Fsp3) is 0.417. The smallest absolute Gasteiger partial charge is 0.155 e. The monoisotopic (exact) mass is 231 g/mol. The molecule has 0 spiro atoms. The van der Waals surface area contributed by atoms with Crippen LogP contribution in [0.4, 0.5) is 0 Å². The quantitative estimate of drug-likeness (QED) is 0.843. The zero-order valence-corrected chi connectivity index (χ0v) is 10.2. The molecule has 0 aliphatic carbocycles. The maximum Gasteiger partial charge on any atom is 0.155 e. The fourth-order valence-electron chi connectivity index (χ4n) is 1.77. The van der Waals surface area contributed by atoms with Gasteiger partial charge in [0, 0.05) is 12.2 Å². The maximum atomic E-state index is 4.58. The molecule has 0 amide bonds. The van der Waals surface area contributed by atoms with Crippen LogP contribution in [0.1, 0.15) is 24.6 Å². The number of hydrogen-bond donors (Lipinski definition) is 1. The lowest BCUT2D eigenvalue weighted by molar-refractivity contribution is 0.780. The summed E-state index contributed by atoms with van der Waals surface area (Å²) in [7, 11) is 1.94. The predicted octanol–water partition coefficient (Wildman–Crippen LogP) is 1.33. The largest absolute Gasteiger partial charge is 0.316 e. The minimum absolute atomic E-state index is 0.832. The normalized spacial score (nSPS) is 10.7. The van der Waals surface area contributed by atoms with Gasteiger partial charge in [-0.2, -0.15) is 5.10 Å². The Labute approximate surface area is 101 Å². The number of rotatable bonds is 5. The van der Waals surface area contributed by atoms with Crippen molar-refractivity contribution in [1.29, 1.82) is 0 Å². The van der Waals surface area contributed by atoms with E-state index in [1.165, 1.54) is 11.9 Å². The highest BCUT2D eigenvalue weighted by molar-refractivity contribution is 5.30. The average Bonchev–Trinajstić information content (AvgIpc) is 2.83. The van der Waals surface area contributed by atoms with Crippen molar-refractivity contribution in [1.82, 2.24) is 25.1 Å². The van der Waals surface area contributed by atoms with Crippen molar-refractivity contribution in [3.8, 4) is 5.82 Å². The molecular formula is C12H17N5. The third-order valence-corrected chi connectivity index (χ3v) is 2.47. The zero-order valence-electron chi connectivity index (χ0n) is 10.2. The number of nitrogens with one attached hydrogen (secondary N) is 1. The summed E-state index contributed by atoms with van der Waals surface area (Å²) in [6, 6.07) is 4.17. The van der Waals surface area contributed by atoms with Crippen LogP contribution in [0.15, 0.2) is 24.8 Å². The van der Waals surface area contributed by atoms with Crippen molar-refractivity contribution in [2.75, 3.05) is 7.05 Å². The van der Waals surface area contributed by atoms with E-state index in [1.807, 2.05) is 13.1 Å². The third-order valence-electron chi connectivity index (χ3n) is 2.47. The molecule has 2 heterocycles. The van der Waals surface area contributed by atoms with Crippen molar-refractivity contribution in [2.24, 2.45) is 0 Å². The van der Waals surface area contributed by atoms with Crippen LogP contribution >= 0.6 is 0 Å².